The van der Waals surface area contributed by atoms with Crippen LogP contribution in [0.5, 0.6) is 0 Å². The van der Waals surface area contributed by atoms with E-state index in [0.717, 1.165) is 12.8 Å². The fraction of sp³-hybridized carbons (Fsp3) is 0.583. The summed E-state index contributed by atoms with van der Waals surface area (Å²) in [4.78, 5) is 29.2. The SMILES string of the molecule is N#C/C(=N\O)C(=O)N[C@H](c1cn2ncc(C(NC(=O)CCC(F)(F)F)C3CC3)cc2n1)C1CCC(F)(F)CC1. The Morgan fingerprint density at radius 3 is 2.44 bits per heavy atom. The number of aromatic nitrogens is 3. The minimum atomic E-state index is -4.45. The maximum Gasteiger partial charge on any atom is 0.389 e. The Morgan fingerprint density at radius 2 is 1.85 bits per heavy atom. The number of nitriles is 1. The number of halogens is 5. The van der Waals surface area contributed by atoms with Crippen LogP contribution in [0.1, 0.15) is 74.7 Å². The number of nitrogens with zero attached hydrogens (tertiary/aromatic N) is 5. The van der Waals surface area contributed by atoms with Crippen molar-refractivity contribution in [2.24, 2.45) is 17.0 Å². The van der Waals surface area contributed by atoms with Crippen LogP contribution in [0.4, 0.5) is 22.0 Å². The normalized spacial score (nSPS) is 19.7. The molecule has 0 saturated heterocycles. The van der Waals surface area contributed by atoms with Crippen LogP contribution in [0, 0.1) is 23.2 Å². The standard InChI is InChI=1S/C24H26F5N7O3/c25-23(26)6-3-14(4-7-23)21(34-22(38)16(10-30)35-39)17-12-36-18(32-17)9-15(11-31-36)20(13-1-2-13)33-19(37)5-8-24(27,28)29/h9,11-14,20-21,39H,1-8H2,(H,33,37)(H,34,38)/b35-16+/t20?,21-/m0/s1. The minimum Gasteiger partial charge on any atom is -0.410 e. The van der Waals surface area contributed by atoms with Crippen LogP contribution in [-0.4, -0.2) is 49.4 Å². The molecule has 2 fully saturated rings. The van der Waals surface area contributed by atoms with Gasteiger partial charge < -0.3 is 15.8 Å². The van der Waals surface area contributed by atoms with Gasteiger partial charge in [-0.1, -0.05) is 5.16 Å². The molecule has 2 saturated carbocycles. The van der Waals surface area contributed by atoms with Crippen LogP contribution in [0.25, 0.3) is 5.65 Å². The number of imidazole rings is 1. The summed E-state index contributed by atoms with van der Waals surface area (Å²) in [6.45, 7) is 0. The second kappa shape index (κ2) is 11.1. The lowest BCUT2D eigenvalue weighted by Gasteiger charge is -2.33. The fourth-order valence-corrected chi connectivity index (χ4v) is 4.79. The minimum absolute atomic E-state index is 0.0386. The Balaban J connectivity index is 1.59. The van der Waals surface area contributed by atoms with Gasteiger partial charge in [-0.15, -0.1) is 0 Å². The van der Waals surface area contributed by atoms with Crippen molar-refractivity contribution >= 4 is 23.2 Å². The van der Waals surface area contributed by atoms with Gasteiger partial charge in [0.05, 0.1) is 36.6 Å². The molecule has 0 spiro atoms. The second-order valence-corrected chi connectivity index (χ2v) is 9.96. The van der Waals surface area contributed by atoms with Gasteiger partial charge in [-0.2, -0.15) is 23.5 Å². The van der Waals surface area contributed by atoms with Crippen molar-refractivity contribution in [1.82, 2.24) is 25.2 Å². The molecule has 2 aliphatic carbocycles. The van der Waals surface area contributed by atoms with E-state index < -0.39 is 73.3 Å². The van der Waals surface area contributed by atoms with Crippen molar-refractivity contribution < 1.29 is 36.7 Å². The van der Waals surface area contributed by atoms with Crippen LogP contribution >= 0.6 is 0 Å². The summed E-state index contributed by atoms with van der Waals surface area (Å²) in [5, 5.41) is 30.1. The smallest absolute Gasteiger partial charge is 0.389 e. The number of rotatable bonds is 9. The average molecular weight is 556 g/mol. The van der Waals surface area contributed by atoms with E-state index in [9.17, 15) is 31.5 Å². The van der Waals surface area contributed by atoms with Crippen LogP contribution in [0.15, 0.2) is 23.6 Å². The average Bonchev–Trinajstić information content (AvgIpc) is 3.63. The Kier molecular flexibility index (Phi) is 8.03. The summed E-state index contributed by atoms with van der Waals surface area (Å²) in [6, 6.07) is 1.62. The molecule has 15 heteroatoms. The zero-order valence-electron chi connectivity index (χ0n) is 20.6. The highest BCUT2D eigenvalue weighted by molar-refractivity contribution is 6.45. The largest absolute Gasteiger partial charge is 0.410 e. The highest BCUT2D eigenvalue weighted by atomic mass is 19.4. The predicted octanol–water partition coefficient (Wildman–Crippen LogP) is 3.98. The number of carbonyl (C=O) groups excluding carboxylic acids is 2. The second-order valence-electron chi connectivity index (χ2n) is 9.96. The number of hydrogen-bond acceptors (Lipinski definition) is 7. The molecule has 4 rings (SSSR count). The van der Waals surface area contributed by atoms with E-state index in [1.54, 1.807) is 6.07 Å². The van der Waals surface area contributed by atoms with Crippen LogP contribution < -0.4 is 10.6 Å². The van der Waals surface area contributed by atoms with Gasteiger partial charge in [-0.3, -0.25) is 9.59 Å². The first-order valence-electron chi connectivity index (χ1n) is 12.4. The molecule has 39 heavy (non-hydrogen) atoms. The number of oxime groups is 1. The first-order chi connectivity index (χ1) is 18.4. The van der Waals surface area contributed by atoms with Crippen LogP contribution in [0.2, 0.25) is 0 Å². The Morgan fingerprint density at radius 1 is 1.18 bits per heavy atom. The van der Waals surface area contributed by atoms with Crippen molar-refractivity contribution in [3.63, 3.8) is 0 Å². The molecule has 0 bridgehead atoms. The van der Waals surface area contributed by atoms with E-state index in [4.69, 9.17) is 10.5 Å². The summed E-state index contributed by atoms with van der Waals surface area (Å²) < 4.78 is 66.6. The summed E-state index contributed by atoms with van der Waals surface area (Å²) in [7, 11) is 0. The third-order valence-corrected chi connectivity index (χ3v) is 7.02. The number of hydrogen-bond donors (Lipinski definition) is 3. The molecule has 2 atom stereocenters. The van der Waals surface area contributed by atoms with Gasteiger partial charge in [-0.05, 0) is 49.1 Å². The van der Waals surface area contributed by atoms with E-state index in [-0.39, 0.29) is 24.5 Å². The molecule has 10 nitrogen and oxygen atoms in total. The molecule has 2 aromatic heterocycles. The molecule has 210 valence electrons. The molecular weight excluding hydrogens is 529 g/mol. The maximum atomic E-state index is 13.8. The summed E-state index contributed by atoms with van der Waals surface area (Å²) in [6.07, 6.45) is -2.51. The molecule has 0 radical (unpaired) electrons. The van der Waals surface area contributed by atoms with Crippen molar-refractivity contribution in [2.75, 3.05) is 0 Å². The lowest BCUT2D eigenvalue weighted by Crippen LogP contribution is -2.40. The first kappa shape index (κ1) is 28.2. The zero-order valence-corrected chi connectivity index (χ0v) is 20.6. The topological polar surface area (TPSA) is 145 Å². The van der Waals surface area contributed by atoms with Crippen molar-refractivity contribution in [1.29, 1.82) is 5.26 Å². The van der Waals surface area contributed by atoms with Gasteiger partial charge in [0, 0.05) is 19.3 Å². The third kappa shape index (κ3) is 7.18. The Hall–Kier alpha value is -3.83. The molecule has 0 aromatic carbocycles. The first-order valence-corrected chi connectivity index (χ1v) is 12.4. The van der Waals surface area contributed by atoms with Gasteiger partial charge in [0.1, 0.15) is 6.07 Å². The third-order valence-electron chi connectivity index (χ3n) is 7.02. The summed E-state index contributed by atoms with van der Waals surface area (Å²) in [5.41, 5.74) is 0.309. The number of carbonyl (C=O) groups is 2. The molecule has 1 unspecified atom stereocenters. The van der Waals surface area contributed by atoms with E-state index >= 15 is 0 Å². The van der Waals surface area contributed by atoms with Gasteiger partial charge in [0.25, 0.3) is 5.91 Å². The highest BCUT2D eigenvalue weighted by Gasteiger charge is 2.40. The summed E-state index contributed by atoms with van der Waals surface area (Å²) in [5.74, 6) is -4.97. The number of alkyl halides is 5. The molecule has 2 aliphatic rings. The van der Waals surface area contributed by atoms with E-state index in [1.165, 1.54) is 23.0 Å². The molecule has 3 N–H and O–H groups in total. The van der Waals surface area contributed by atoms with Crippen molar-refractivity contribution in [3.05, 3.63) is 29.7 Å². The number of nitrogens with one attached hydrogen (secondary N) is 2. The van der Waals surface area contributed by atoms with Crippen LogP contribution in [0.3, 0.4) is 0 Å². The Labute approximate surface area is 219 Å². The highest BCUT2D eigenvalue weighted by Crippen LogP contribution is 2.42. The van der Waals surface area contributed by atoms with Gasteiger partial charge in [0.2, 0.25) is 17.5 Å². The number of amides is 2. The van der Waals surface area contributed by atoms with E-state index in [2.05, 4.69) is 25.9 Å². The van der Waals surface area contributed by atoms with Crippen molar-refractivity contribution in [2.45, 2.75) is 75.5 Å². The lowest BCUT2D eigenvalue weighted by molar-refractivity contribution is -0.144. The fourth-order valence-electron chi connectivity index (χ4n) is 4.79. The quantitative estimate of drug-likeness (QED) is 0.185. The molecular formula is C24H26F5N7O3. The predicted molar refractivity (Wildman–Crippen MR) is 125 cm³/mol. The van der Waals surface area contributed by atoms with E-state index in [1.807, 2.05) is 0 Å². The van der Waals surface area contributed by atoms with E-state index in [0.29, 0.717) is 11.2 Å². The lowest BCUT2D eigenvalue weighted by atomic mass is 9.81. The Bertz CT molecular complexity index is 1290. The van der Waals surface area contributed by atoms with Crippen LogP contribution in [-0.2, 0) is 9.59 Å². The van der Waals surface area contributed by atoms with Crippen molar-refractivity contribution in [3.8, 4) is 6.07 Å². The van der Waals surface area contributed by atoms with Gasteiger partial charge >= 0.3 is 6.18 Å². The molecule has 0 aliphatic heterocycles. The summed E-state index contributed by atoms with van der Waals surface area (Å²) >= 11 is 0. The zero-order chi connectivity index (χ0) is 28.4. The molecule has 2 amide bonds. The number of fused-ring (bicyclic) bond motifs is 1. The van der Waals surface area contributed by atoms with Gasteiger partial charge in [-0.25, -0.2) is 18.3 Å². The molecule has 2 aromatic rings. The molecule has 2 heterocycles. The monoisotopic (exact) mass is 555 g/mol. The van der Waals surface area contributed by atoms with Gasteiger partial charge in [0.15, 0.2) is 5.65 Å². The maximum absolute atomic E-state index is 13.8.